The summed E-state index contributed by atoms with van der Waals surface area (Å²) in [4.78, 5) is 34.4. The number of carbonyl (C=O) groups is 3. The van der Waals surface area contributed by atoms with Crippen molar-refractivity contribution in [3.8, 4) is 0 Å². The Labute approximate surface area is 151 Å². The van der Waals surface area contributed by atoms with Crippen molar-refractivity contribution in [2.75, 3.05) is 18.1 Å². The van der Waals surface area contributed by atoms with E-state index in [1.165, 1.54) is 0 Å². The topological polar surface area (TPSA) is 95.5 Å². The number of nitrogens with one attached hydrogen (secondary N) is 2. The Morgan fingerprint density at radius 1 is 1.16 bits per heavy atom. The Balaban J connectivity index is 0.00000277. The number of rotatable bonds is 8. The van der Waals surface area contributed by atoms with Gasteiger partial charge in [0.05, 0.1) is 12.6 Å². The fraction of sp³-hybridized carbons (Fsp3) is 0.500. The van der Waals surface area contributed by atoms with Crippen LogP contribution < -0.4 is 10.4 Å². The molecule has 0 spiro atoms. The molecule has 2 amide bonds. The maximum absolute atomic E-state index is 12.0. The fourth-order valence-electron chi connectivity index (χ4n) is 2.02. The van der Waals surface area contributed by atoms with Gasteiger partial charge in [0.15, 0.2) is 0 Å². The maximum atomic E-state index is 12.0. The minimum Gasteiger partial charge on any atom is -0.481 e. The zero-order chi connectivity index (χ0) is 19.4. The van der Waals surface area contributed by atoms with E-state index in [1.807, 2.05) is 34.4 Å². The highest BCUT2D eigenvalue weighted by Crippen LogP contribution is 2.25. The number of hydrogen-bond acceptors (Lipinski definition) is 3. The molecule has 3 N–H and O–H groups in total. The van der Waals surface area contributed by atoms with Gasteiger partial charge >= 0.3 is 5.97 Å². The van der Waals surface area contributed by atoms with Crippen molar-refractivity contribution in [3.63, 3.8) is 0 Å². The number of anilines is 1. The van der Waals surface area contributed by atoms with Crippen LogP contribution in [-0.4, -0.2) is 35.7 Å². The second-order valence-corrected chi connectivity index (χ2v) is 7.74. The number of hydrogen-bond donors (Lipinski definition) is 3. The van der Waals surface area contributed by atoms with Crippen molar-refractivity contribution in [3.05, 3.63) is 29.8 Å². The van der Waals surface area contributed by atoms with E-state index >= 15 is 0 Å². The lowest BCUT2D eigenvalue weighted by atomic mass is 10.1. The Morgan fingerprint density at radius 3 is 2.36 bits per heavy atom. The number of carboxylic acids is 1. The number of carboxylic acid groups (broad SMARTS) is 1. The molecule has 25 heavy (non-hydrogen) atoms. The van der Waals surface area contributed by atoms with E-state index in [4.69, 9.17) is 5.11 Å². The van der Waals surface area contributed by atoms with Gasteiger partial charge in [0.2, 0.25) is 11.8 Å². The molecule has 1 unspecified atom stereocenters. The quantitative estimate of drug-likeness (QED) is 0.612. The summed E-state index contributed by atoms with van der Waals surface area (Å²) < 4.78 is 0. The standard InChI is InChI=1S/C16H23N2O4P.C2H6/c1-11(2)7-14(19)18-23(3)10-15(20)17-13-6-4-5-12(8-13)9-16(21)22;1-2/h4-6,8,11H,7,9-10H2,1-3H3,(H,17,20)(H,18,19)(H,21,22);1-2H3. The largest absolute Gasteiger partial charge is 0.481 e. The molecule has 0 saturated carbocycles. The lowest BCUT2D eigenvalue weighted by Gasteiger charge is -2.15. The van der Waals surface area contributed by atoms with Gasteiger partial charge < -0.3 is 15.5 Å². The molecule has 0 saturated heterocycles. The van der Waals surface area contributed by atoms with Crippen molar-refractivity contribution in [2.24, 2.45) is 5.92 Å². The highest BCUT2D eigenvalue weighted by molar-refractivity contribution is 7.56. The second kappa shape index (κ2) is 12.4. The molecule has 0 heterocycles. The lowest BCUT2D eigenvalue weighted by Crippen LogP contribution is -2.24. The van der Waals surface area contributed by atoms with Crippen LogP contribution in [0.3, 0.4) is 0 Å². The number of amides is 2. The minimum atomic E-state index is -0.918. The van der Waals surface area contributed by atoms with Gasteiger partial charge in [-0.2, -0.15) is 0 Å². The van der Waals surface area contributed by atoms with Crippen LogP contribution in [0.25, 0.3) is 0 Å². The zero-order valence-corrected chi connectivity index (χ0v) is 16.5. The van der Waals surface area contributed by atoms with E-state index in [1.54, 1.807) is 24.3 Å². The summed E-state index contributed by atoms with van der Waals surface area (Å²) in [5.41, 5.74) is 1.19. The van der Waals surface area contributed by atoms with Crippen LogP contribution in [0.15, 0.2) is 24.3 Å². The molecule has 1 rings (SSSR count). The van der Waals surface area contributed by atoms with Crippen LogP contribution in [-0.2, 0) is 20.8 Å². The summed E-state index contributed by atoms with van der Waals surface area (Å²) in [7, 11) is -0.913. The maximum Gasteiger partial charge on any atom is 0.307 e. The van der Waals surface area contributed by atoms with E-state index in [9.17, 15) is 14.4 Å². The third-order valence-electron chi connectivity index (χ3n) is 2.86. The average Bonchev–Trinajstić information content (AvgIpc) is 2.47. The van der Waals surface area contributed by atoms with Gasteiger partial charge in [0.1, 0.15) is 0 Å². The summed E-state index contributed by atoms with van der Waals surface area (Å²) in [6.45, 7) is 9.77. The van der Waals surface area contributed by atoms with E-state index in [-0.39, 0.29) is 30.3 Å². The first-order valence-electron chi connectivity index (χ1n) is 8.37. The predicted molar refractivity (Wildman–Crippen MR) is 103 cm³/mol. The Hall–Kier alpha value is -1.94. The highest BCUT2D eigenvalue weighted by Gasteiger charge is 2.13. The van der Waals surface area contributed by atoms with E-state index in [2.05, 4.69) is 10.4 Å². The van der Waals surface area contributed by atoms with Gasteiger partial charge in [-0.05, 0) is 38.4 Å². The molecule has 0 aliphatic rings. The molecule has 0 fully saturated rings. The molecule has 1 aromatic rings. The highest BCUT2D eigenvalue weighted by atomic mass is 31.1. The summed E-state index contributed by atoms with van der Waals surface area (Å²) in [5, 5.41) is 14.4. The number of carbonyl (C=O) groups excluding carboxylic acids is 2. The number of benzene rings is 1. The monoisotopic (exact) mass is 368 g/mol. The smallest absolute Gasteiger partial charge is 0.307 e. The normalized spacial score (nSPS) is 11.1. The first kappa shape index (κ1) is 23.1. The molecule has 0 radical (unpaired) electrons. The molecular weight excluding hydrogens is 339 g/mol. The van der Waals surface area contributed by atoms with Gasteiger partial charge in [-0.25, -0.2) is 0 Å². The van der Waals surface area contributed by atoms with Crippen molar-refractivity contribution >= 4 is 31.5 Å². The van der Waals surface area contributed by atoms with Crippen molar-refractivity contribution in [2.45, 2.75) is 40.5 Å². The van der Waals surface area contributed by atoms with Crippen LogP contribution in [0, 0.1) is 5.92 Å². The second-order valence-electron chi connectivity index (χ2n) is 5.81. The summed E-state index contributed by atoms with van der Waals surface area (Å²) in [5.74, 6) is -0.872. The molecule has 0 bridgehead atoms. The first-order valence-corrected chi connectivity index (χ1v) is 10.3. The molecule has 0 aliphatic carbocycles. The number of aliphatic carboxylic acids is 1. The molecule has 7 heteroatoms. The van der Waals surface area contributed by atoms with E-state index < -0.39 is 14.0 Å². The molecule has 6 nitrogen and oxygen atoms in total. The summed E-state index contributed by atoms with van der Waals surface area (Å²) in [6, 6.07) is 6.75. The van der Waals surface area contributed by atoms with Gasteiger partial charge in [0, 0.05) is 12.1 Å². The third-order valence-corrected chi connectivity index (χ3v) is 4.25. The van der Waals surface area contributed by atoms with Crippen LogP contribution in [0.5, 0.6) is 0 Å². The SMILES string of the molecule is CC.CC(C)CC(=O)NP(C)CC(=O)Nc1cccc(CC(=O)O)c1. The molecular formula is C18H29N2O4P. The average molecular weight is 368 g/mol. The Morgan fingerprint density at radius 2 is 1.80 bits per heavy atom. The summed E-state index contributed by atoms with van der Waals surface area (Å²) >= 11 is 0. The third kappa shape index (κ3) is 11.3. The van der Waals surface area contributed by atoms with Gasteiger partial charge in [-0.15, -0.1) is 0 Å². The molecule has 1 aromatic carbocycles. The van der Waals surface area contributed by atoms with E-state index in [0.717, 1.165) is 0 Å². The minimum absolute atomic E-state index is 0.0372. The zero-order valence-electron chi connectivity index (χ0n) is 15.6. The van der Waals surface area contributed by atoms with Crippen LogP contribution in [0.1, 0.15) is 39.7 Å². The van der Waals surface area contributed by atoms with Crippen LogP contribution in [0.2, 0.25) is 0 Å². The Kier molecular flexibility index (Phi) is 11.5. The molecule has 0 aliphatic heterocycles. The van der Waals surface area contributed by atoms with Gasteiger partial charge in [-0.1, -0.05) is 39.8 Å². The van der Waals surface area contributed by atoms with Crippen molar-refractivity contribution in [1.82, 2.24) is 5.09 Å². The van der Waals surface area contributed by atoms with Crippen molar-refractivity contribution in [1.29, 1.82) is 0 Å². The fourth-order valence-corrected chi connectivity index (χ4v) is 3.12. The van der Waals surface area contributed by atoms with Gasteiger partial charge in [-0.3, -0.25) is 14.4 Å². The first-order chi connectivity index (χ1) is 11.8. The molecule has 140 valence electrons. The molecule has 0 aromatic heterocycles. The van der Waals surface area contributed by atoms with Crippen LogP contribution >= 0.6 is 8.07 Å². The lowest BCUT2D eigenvalue weighted by molar-refractivity contribution is -0.136. The van der Waals surface area contributed by atoms with E-state index in [0.29, 0.717) is 17.7 Å². The summed E-state index contributed by atoms with van der Waals surface area (Å²) in [6.07, 6.45) is 0.587. The van der Waals surface area contributed by atoms with Crippen molar-refractivity contribution < 1.29 is 19.5 Å². The Bertz CT molecular complexity index is 576. The van der Waals surface area contributed by atoms with Crippen LogP contribution in [0.4, 0.5) is 5.69 Å². The van der Waals surface area contributed by atoms with Gasteiger partial charge in [0.25, 0.3) is 0 Å². The predicted octanol–water partition coefficient (Wildman–Crippen LogP) is 3.47. The molecule has 1 atom stereocenters.